The predicted octanol–water partition coefficient (Wildman–Crippen LogP) is 0.937. The van der Waals surface area contributed by atoms with Crippen LogP contribution in [-0.4, -0.2) is 16.8 Å². The second-order valence-electron chi connectivity index (χ2n) is 3.69. The molecule has 2 amide bonds. The largest absolute Gasteiger partial charge is 0.322 e. The molecule has 0 saturated carbocycles. The topological polar surface area (TPSA) is 97.1 Å². The molecule has 96 valence electrons. The van der Waals surface area contributed by atoms with Gasteiger partial charge in [-0.25, -0.2) is 5.84 Å². The summed E-state index contributed by atoms with van der Waals surface area (Å²) in [7, 11) is 0. The summed E-state index contributed by atoms with van der Waals surface area (Å²) in [6, 6.07) is 12.0. The molecule has 0 aliphatic heterocycles. The maximum absolute atomic E-state index is 12.1. The maximum atomic E-state index is 12.1. The first-order valence-electron chi connectivity index (χ1n) is 5.54. The molecule has 1 aromatic carbocycles. The Labute approximate surface area is 109 Å². The fraction of sp³-hybridized carbons (Fsp3) is 0. The number of pyridine rings is 1. The second kappa shape index (κ2) is 5.74. The molecular formula is C13H12N4O2. The van der Waals surface area contributed by atoms with Gasteiger partial charge >= 0.3 is 0 Å². The number of rotatable bonds is 3. The highest BCUT2D eigenvalue weighted by atomic mass is 16.2. The van der Waals surface area contributed by atoms with E-state index in [2.05, 4.69) is 10.3 Å². The second-order valence-corrected chi connectivity index (χ2v) is 3.69. The third-order valence-electron chi connectivity index (χ3n) is 2.43. The lowest BCUT2D eigenvalue weighted by atomic mass is 10.1. The highest BCUT2D eigenvalue weighted by Gasteiger charge is 2.17. The Hall–Kier alpha value is -2.73. The van der Waals surface area contributed by atoms with E-state index in [0.717, 1.165) is 0 Å². The fourth-order valence-electron chi connectivity index (χ4n) is 1.56. The molecule has 0 saturated heterocycles. The van der Waals surface area contributed by atoms with E-state index in [1.165, 1.54) is 12.3 Å². The van der Waals surface area contributed by atoms with Crippen molar-refractivity contribution in [2.45, 2.75) is 0 Å². The van der Waals surface area contributed by atoms with Crippen molar-refractivity contribution in [1.82, 2.24) is 10.4 Å². The van der Waals surface area contributed by atoms with Gasteiger partial charge in [-0.3, -0.25) is 20.0 Å². The lowest BCUT2D eigenvalue weighted by Crippen LogP contribution is -2.32. The smallest absolute Gasteiger partial charge is 0.284 e. The average Bonchev–Trinajstić information content (AvgIpc) is 2.47. The number of hydrogen-bond donors (Lipinski definition) is 3. The third kappa shape index (κ3) is 2.93. The number of aromatic nitrogens is 1. The number of nitrogen functional groups attached to an aromatic ring is 1. The Morgan fingerprint density at radius 2 is 1.74 bits per heavy atom. The molecule has 19 heavy (non-hydrogen) atoms. The summed E-state index contributed by atoms with van der Waals surface area (Å²) in [5.74, 6) is 4.02. The first-order valence-corrected chi connectivity index (χ1v) is 5.54. The normalized spacial score (nSPS) is 9.74. The van der Waals surface area contributed by atoms with E-state index in [1.807, 2.05) is 11.5 Å². The van der Waals surface area contributed by atoms with Gasteiger partial charge in [-0.15, -0.1) is 0 Å². The van der Waals surface area contributed by atoms with Gasteiger partial charge in [0.15, 0.2) is 0 Å². The number of nitrogens with one attached hydrogen (secondary N) is 2. The molecule has 0 radical (unpaired) electrons. The lowest BCUT2D eigenvalue weighted by Gasteiger charge is -2.08. The van der Waals surface area contributed by atoms with Crippen LogP contribution in [0.3, 0.4) is 0 Å². The van der Waals surface area contributed by atoms with Crippen molar-refractivity contribution >= 4 is 17.5 Å². The first-order chi connectivity index (χ1) is 9.22. The molecule has 1 heterocycles. The van der Waals surface area contributed by atoms with Crippen molar-refractivity contribution in [3.05, 3.63) is 59.9 Å². The molecular weight excluding hydrogens is 244 g/mol. The van der Waals surface area contributed by atoms with Gasteiger partial charge < -0.3 is 5.32 Å². The number of hydrogen-bond acceptors (Lipinski definition) is 4. The van der Waals surface area contributed by atoms with Gasteiger partial charge in [-0.1, -0.05) is 18.2 Å². The van der Waals surface area contributed by atoms with Crippen LogP contribution >= 0.6 is 0 Å². The van der Waals surface area contributed by atoms with E-state index < -0.39 is 11.8 Å². The minimum atomic E-state index is -0.612. The monoisotopic (exact) mass is 256 g/mol. The predicted molar refractivity (Wildman–Crippen MR) is 70.3 cm³/mol. The number of nitrogens with two attached hydrogens (primary N) is 1. The first kappa shape index (κ1) is 12.7. The molecule has 6 heteroatoms. The van der Waals surface area contributed by atoms with E-state index in [1.54, 1.807) is 30.3 Å². The standard InChI is InChI=1S/C13H12N4O2/c14-17-13(19)11-10(7-4-8-15-11)12(18)16-9-5-2-1-3-6-9/h1-8H,14H2,(H,16,18)(H,17,19). The molecule has 6 nitrogen and oxygen atoms in total. The van der Waals surface area contributed by atoms with Crippen LogP contribution in [0.1, 0.15) is 20.8 Å². The van der Waals surface area contributed by atoms with Crippen molar-refractivity contribution in [3.8, 4) is 0 Å². The quantitative estimate of drug-likeness (QED) is 0.432. The summed E-state index contributed by atoms with van der Waals surface area (Å²) in [5.41, 5.74) is 2.74. The van der Waals surface area contributed by atoms with Crippen LogP contribution in [-0.2, 0) is 0 Å². The number of carbonyl (C=O) groups is 2. The molecule has 2 aromatic rings. The Morgan fingerprint density at radius 1 is 1.00 bits per heavy atom. The van der Waals surface area contributed by atoms with E-state index in [-0.39, 0.29) is 11.3 Å². The van der Waals surface area contributed by atoms with Crippen LogP contribution in [0, 0.1) is 0 Å². The molecule has 1 aromatic heterocycles. The van der Waals surface area contributed by atoms with E-state index in [0.29, 0.717) is 5.69 Å². The van der Waals surface area contributed by atoms with Crippen LogP contribution in [0.2, 0.25) is 0 Å². The summed E-state index contributed by atoms with van der Waals surface area (Å²) in [6.45, 7) is 0. The van der Waals surface area contributed by atoms with Crippen LogP contribution < -0.4 is 16.6 Å². The van der Waals surface area contributed by atoms with E-state index in [4.69, 9.17) is 5.84 Å². The molecule has 0 aliphatic rings. The number of carbonyl (C=O) groups excluding carboxylic acids is 2. The van der Waals surface area contributed by atoms with Gasteiger partial charge in [0, 0.05) is 11.9 Å². The summed E-state index contributed by atoms with van der Waals surface area (Å²) in [6.07, 6.45) is 1.42. The van der Waals surface area contributed by atoms with Crippen molar-refractivity contribution in [3.63, 3.8) is 0 Å². The van der Waals surface area contributed by atoms with E-state index >= 15 is 0 Å². The Kier molecular flexibility index (Phi) is 3.84. The number of benzene rings is 1. The minimum Gasteiger partial charge on any atom is -0.322 e. The summed E-state index contributed by atoms with van der Waals surface area (Å²) in [5, 5.41) is 2.68. The van der Waals surface area contributed by atoms with Gasteiger partial charge in [0.05, 0.1) is 5.56 Å². The zero-order valence-electron chi connectivity index (χ0n) is 9.96. The molecule has 4 N–H and O–H groups in total. The van der Waals surface area contributed by atoms with Crippen LogP contribution in [0.15, 0.2) is 48.7 Å². The zero-order valence-corrected chi connectivity index (χ0v) is 9.96. The number of para-hydroxylation sites is 1. The molecule has 2 rings (SSSR count). The van der Waals surface area contributed by atoms with Gasteiger partial charge in [-0.05, 0) is 24.3 Å². The van der Waals surface area contributed by atoms with Gasteiger partial charge in [0.25, 0.3) is 11.8 Å². The summed E-state index contributed by atoms with van der Waals surface area (Å²) in [4.78, 5) is 27.5. The molecule has 0 atom stereocenters. The van der Waals surface area contributed by atoms with Gasteiger partial charge in [0.2, 0.25) is 0 Å². The SMILES string of the molecule is NNC(=O)c1ncccc1C(=O)Nc1ccccc1. The average molecular weight is 256 g/mol. The zero-order chi connectivity index (χ0) is 13.7. The molecule has 0 spiro atoms. The number of hydrazine groups is 1. The molecule has 0 bridgehead atoms. The van der Waals surface area contributed by atoms with Crippen molar-refractivity contribution < 1.29 is 9.59 Å². The van der Waals surface area contributed by atoms with Crippen LogP contribution in [0.25, 0.3) is 0 Å². The third-order valence-corrected chi connectivity index (χ3v) is 2.43. The Bertz CT molecular complexity index is 599. The summed E-state index contributed by atoms with van der Waals surface area (Å²) < 4.78 is 0. The van der Waals surface area contributed by atoms with Crippen LogP contribution in [0.5, 0.6) is 0 Å². The Morgan fingerprint density at radius 3 is 2.42 bits per heavy atom. The highest BCUT2D eigenvalue weighted by Crippen LogP contribution is 2.10. The number of amides is 2. The van der Waals surface area contributed by atoms with Crippen molar-refractivity contribution in [2.75, 3.05) is 5.32 Å². The Balaban J connectivity index is 2.27. The fourth-order valence-corrected chi connectivity index (χ4v) is 1.56. The van der Waals surface area contributed by atoms with Gasteiger partial charge in [0.1, 0.15) is 5.69 Å². The lowest BCUT2D eigenvalue weighted by molar-refractivity contribution is 0.0935. The minimum absolute atomic E-state index is 0.0153. The number of nitrogens with zero attached hydrogens (tertiary/aromatic N) is 1. The number of anilines is 1. The maximum Gasteiger partial charge on any atom is 0.284 e. The van der Waals surface area contributed by atoms with Crippen LogP contribution in [0.4, 0.5) is 5.69 Å². The molecule has 0 unspecified atom stereocenters. The van der Waals surface area contributed by atoms with E-state index in [9.17, 15) is 9.59 Å². The van der Waals surface area contributed by atoms with Crippen molar-refractivity contribution in [1.29, 1.82) is 0 Å². The van der Waals surface area contributed by atoms with Gasteiger partial charge in [-0.2, -0.15) is 0 Å². The molecule has 0 aliphatic carbocycles. The van der Waals surface area contributed by atoms with Crippen molar-refractivity contribution in [2.24, 2.45) is 5.84 Å². The molecule has 0 fully saturated rings. The summed E-state index contributed by atoms with van der Waals surface area (Å²) >= 11 is 0. The highest BCUT2D eigenvalue weighted by molar-refractivity contribution is 6.11.